The molecule has 0 aliphatic heterocycles. The third-order valence-electron chi connectivity index (χ3n) is 2.47. The van der Waals surface area contributed by atoms with Gasteiger partial charge >= 0.3 is 0 Å². The molecule has 0 amide bonds. The van der Waals surface area contributed by atoms with Crippen LogP contribution in [0.25, 0.3) is 0 Å². The third kappa shape index (κ3) is 2.34. The van der Waals surface area contributed by atoms with Gasteiger partial charge in [-0.05, 0) is 37.1 Å². The topological polar surface area (TPSA) is 22.1 Å². The lowest BCUT2D eigenvalue weighted by Crippen LogP contribution is -1.91. The minimum absolute atomic E-state index is 0.554. The Balaban J connectivity index is 2.27. The van der Waals surface area contributed by atoms with Gasteiger partial charge in [0.05, 0.1) is 5.02 Å². The second-order valence-electron chi connectivity index (χ2n) is 3.61. The molecule has 0 atom stereocenters. The van der Waals surface area contributed by atoms with Gasteiger partial charge in [0.25, 0.3) is 0 Å². The second-order valence-corrected chi connectivity index (χ2v) is 4.05. The normalized spacial score (nSPS) is 10.2. The van der Waals surface area contributed by atoms with Crippen molar-refractivity contribution in [3.63, 3.8) is 0 Å². The first-order valence-corrected chi connectivity index (χ1v) is 5.40. The molecule has 0 aliphatic rings. The van der Waals surface area contributed by atoms with E-state index in [4.69, 9.17) is 16.3 Å². The van der Waals surface area contributed by atoms with E-state index in [9.17, 15) is 0 Å². The van der Waals surface area contributed by atoms with E-state index in [1.807, 2.05) is 19.1 Å². The molecule has 2 aromatic rings. The number of benzene rings is 1. The minimum Gasteiger partial charge on any atom is -0.439 e. The summed E-state index contributed by atoms with van der Waals surface area (Å²) in [6.45, 7) is 4.08. The molecule has 0 spiro atoms. The van der Waals surface area contributed by atoms with Gasteiger partial charge in [-0.1, -0.05) is 23.7 Å². The van der Waals surface area contributed by atoms with E-state index in [0.29, 0.717) is 10.9 Å². The summed E-state index contributed by atoms with van der Waals surface area (Å²) >= 11 is 5.75. The van der Waals surface area contributed by atoms with Crippen LogP contribution in [0.3, 0.4) is 0 Å². The van der Waals surface area contributed by atoms with Crippen molar-refractivity contribution in [1.82, 2.24) is 4.98 Å². The first kappa shape index (κ1) is 11.0. The molecular formula is C13H12ClNO. The first-order valence-electron chi connectivity index (χ1n) is 5.02. The highest BCUT2D eigenvalue weighted by atomic mass is 35.5. The molecule has 0 saturated carbocycles. The number of nitrogens with zero attached hydrogens (tertiary/aromatic N) is 1. The largest absolute Gasteiger partial charge is 0.439 e. The summed E-state index contributed by atoms with van der Waals surface area (Å²) in [6, 6.07) is 9.46. The van der Waals surface area contributed by atoms with Crippen LogP contribution in [0.15, 0.2) is 36.5 Å². The Hall–Kier alpha value is -1.54. The molecular weight excluding hydrogens is 222 g/mol. The molecule has 0 fully saturated rings. The molecule has 0 unspecified atom stereocenters. The zero-order chi connectivity index (χ0) is 11.5. The lowest BCUT2D eigenvalue weighted by molar-refractivity contribution is 0.459. The quantitative estimate of drug-likeness (QED) is 0.778. The van der Waals surface area contributed by atoms with Crippen molar-refractivity contribution in [3.05, 3.63) is 52.7 Å². The van der Waals surface area contributed by atoms with Crippen LogP contribution in [0.1, 0.15) is 11.1 Å². The second kappa shape index (κ2) is 4.54. The average Bonchev–Trinajstić information content (AvgIpc) is 2.28. The van der Waals surface area contributed by atoms with Gasteiger partial charge in [-0.25, -0.2) is 4.98 Å². The summed E-state index contributed by atoms with van der Waals surface area (Å²) < 4.78 is 5.68. The maximum absolute atomic E-state index is 5.75. The van der Waals surface area contributed by atoms with Crippen molar-refractivity contribution in [3.8, 4) is 11.6 Å². The summed E-state index contributed by atoms with van der Waals surface area (Å²) in [4.78, 5) is 4.09. The summed E-state index contributed by atoms with van der Waals surface area (Å²) in [5.74, 6) is 1.38. The van der Waals surface area contributed by atoms with Crippen LogP contribution in [-0.2, 0) is 0 Å². The monoisotopic (exact) mass is 233 g/mol. The first-order chi connectivity index (χ1) is 7.66. The number of hydrogen-bond acceptors (Lipinski definition) is 2. The summed E-state index contributed by atoms with van der Waals surface area (Å²) in [5.41, 5.74) is 2.32. The molecule has 0 N–H and O–H groups in total. The van der Waals surface area contributed by atoms with Gasteiger partial charge in [-0.2, -0.15) is 0 Å². The van der Waals surface area contributed by atoms with E-state index >= 15 is 0 Å². The van der Waals surface area contributed by atoms with Crippen LogP contribution in [0, 0.1) is 13.8 Å². The predicted octanol–water partition coefficient (Wildman–Crippen LogP) is 4.14. The fraction of sp³-hybridized carbons (Fsp3) is 0.154. The number of aryl methyl sites for hydroxylation is 1. The Labute approximate surface area is 99.9 Å². The van der Waals surface area contributed by atoms with Crippen molar-refractivity contribution in [2.45, 2.75) is 13.8 Å². The maximum atomic E-state index is 5.75. The van der Waals surface area contributed by atoms with Gasteiger partial charge in [-0.15, -0.1) is 0 Å². The van der Waals surface area contributed by atoms with Crippen molar-refractivity contribution in [2.24, 2.45) is 0 Å². The van der Waals surface area contributed by atoms with Crippen molar-refractivity contribution >= 4 is 11.6 Å². The van der Waals surface area contributed by atoms with Crippen LogP contribution < -0.4 is 4.74 Å². The molecule has 1 heterocycles. The molecule has 2 rings (SSSR count). The summed E-state index contributed by atoms with van der Waals surface area (Å²) in [6.07, 6.45) is 1.57. The summed E-state index contributed by atoms with van der Waals surface area (Å²) in [7, 11) is 0. The Kier molecular flexibility index (Phi) is 3.11. The van der Waals surface area contributed by atoms with Gasteiger partial charge in [-0.3, -0.25) is 0 Å². The predicted molar refractivity (Wildman–Crippen MR) is 65.2 cm³/mol. The van der Waals surface area contributed by atoms with E-state index in [-0.39, 0.29) is 0 Å². The maximum Gasteiger partial charge on any atom is 0.219 e. The van der Waals surface area contributed by atoms with Gasteiger partial charge in [0.1, 0.15) is 5.75 Å². The van der Waals surface area contributed by atoms with E-state index in [1.165, 1.54) is 5.56 Å². The molecule has 1 aromatic carbocycles. The molecule has 0 aliphatic carbocycles. The van der Waals surface area contributed by atoms with Crippen LogP contribution in [0.2, 0.25) is 5.02 Å². The molecule has 1 aromatic heterocycles. The highest BCUT2D eigenvalue weighted by Crippen LogP contribution is 2.25. The van der Waals surface area contributed by atoms with E-state index in [0.717, 1.165) is 11.3 Å². The highest BCUT2D eigenvalue weighted by Gasteiger charge is 2.03. The van der Waals surface area contributed by atoms with Gasteiger partial charge in [0.2, 0.25) is 5.88 Å². The lowest BCUT2D eigenvalue weighted by atomic mass is 10.1. The zero-order valence-corrected chi connectivity index (χ0v) is 9.95. The Bertz CT molecular complexity index is 494. The molecule has 0 radical (unpaired) electrons. The zero-order valence-electron chi connectivity index (χ0n) is 9.20. The van der Waals surface area contributed by atoms with Crippen LogP contribution >= 0.6 is 11.6 Å². The number of halogens is 1. The lowest BCUT2D eigenvalue weighted by Gasteiger charge is -2.09. The van der Waals surface area contributed by atoms with Crippen LogP contribution in [0.4, 0.5) is 0 Å². The molecule has 16 heavy (non-hydrogen) atoms. The molecule has 3 heteroatoms. The molecule has 82 valence electrons. The van der Waals surface area contributed by atoms with Crippen molar-refractivity contribution in [1.29, 1.82) is 0 Å². The van der Waals surface area contributed by atoms with Gasteiger partial charge < -0.3 is 4.74 Å². The third-order valence-corrected chi connectivity index (χ3v) is 2.69. The fourth-order valence-electron chi connectivity index (χ4n) is 1.37. The smallest absolute Gasteiger partial charge is 0.219 e. The Morgan fingerprint density at radius 3 is 2.62 bits per heavy atom. The fourth-order valence-corrected chi connectivity index (χ4v) is 1.48. The molecule has 0 saturated heterocycles. The number of pyridine rings is 1. The highest BCUT2D eigenvalue weighted by molar-refractivity contribution is 6.30. The van der Waals surface area contributed by atoms with Gasteiger partial charge in [0, 0.05) is 12.3 Å². The average molecular weight is 234 g/mol. The van der Waals surface area contributed by atoms with E-state index in [1.54, 1.807) is 18.3 Å². The number of hydrogen-bond donors (Lipinski definition) is 0. The molecule has 2 nitrogen and oxygen atoms in total. The SMILES string of the molecule is Cc1cccc(Oc2ccc(Cl)cn2)c1C. The summed E-state index contributed by atoms with van der Waals surface area (Å²) in [5, 5.41) is 0.605. The minimum atomic E-state index is 0.554. The number of rotatable bonds is 2. The van der Waals surface area contributed by atoms with E-state index in [2.05, 4.69) is 18.0 Å². The van der Waals surface area contributed by atoms with Crippen molar-refractivity contribution < 1.29 is 4.74 Å². The van der Waals surface area contributed by atoms with Crippen molar-refractivity contribution in [2.75, 3.05) is 0 Å². The Morgan fingerprint density at radius 2 is 1.94 bits per heavy atom. The van der Waals surface area contributed by atoms with Gasteiger partial charge in [0.15, 0.2) is 0 Å². The standard InChI is InChI=1S/C13H12ClNO/c1-9-4-3-5-12(10(9)2)16-13-7-6-11(14)8-15-13/h3-8H,1-2H3. The van der Waals surface area contributed by atoms with Crippen LogP contribution in [0.5, 0.6) is 11.6 Å². The van der Waals surface area contributed by atoms with Crippen LogP contribution in [-0.4, -0.2) is 4.98 Å². The van der Waals surface area contributed by atoms with E-state index < -0.39 is 0 Å². The number of ether oxygens (including phenoxy) is 1. The Morgan fingerprint density at radius 1 is 1.12 bits per heavy atom. The number of aromatic nitrogens is 1. The molecule has 0 bridgehead atoms.